The van der Waals surface area contributed by atoms with Crippen LogP contribution in [0.1, 0.15) is 6.42 Å². The van der Waals surface area contributed by atoms with Crippen LogP contribution in [-0.4, -0.2) is 56.3 Å². The van der Waals surface area contributed by atoms with Gasteiger partial charge in [-0.15, -0.1) is 0 Å². The Bertz CT molecular complexity index is 986. The summed E-state index contributed by atoms with van der Waals surface area (Å²) >= 11 is 3.15. The summed E-state index contributed by atoms with van der Waals surface area (Å²) in [7, 11) is -3.77. The molecule has 6 nitrogen and oxygen atoms in total. The van der Waals surface area contributed by atoms with Crippen molar-refractivity contribution in [1.82, 2.24) is 9.21 Å². The van der Waals surface area contributed by atoms with Gasteiger partial charge in [0.2, 0.25) is 10.0 Å². The topological polar surface area (TPSA) is 66.9 Å². The SMILES string of the molecule is O=C(COc1ccc(Br)cc1F)N1CCCN(S(=O)(=O)c2ccc(F)cc2)CC1. The summed E-state index contributed by atoms with van der Waals surface area (Å²) in [4.78, 5) is 13.9. The van der Waals surface area contributed by atoms with Crippen LogP contribution in [0.4, 0.5) is 8.78 Å². The maximum Gasteiger partial charge on any atom is 0.260 e. The van der Waals surface area contributed by atoms with Crippen LogP contribution in [0.15, 0.2) is 51.8 Å². The Labute approximate surface area is 176 Å². The smallest absolute Gasteiger partial charge is 0.260 e. The first kappa shape index (κ1) is 21.7. The van der Waals surface area contributed by atoms with E-state index in [-0.39, 0.29) is 42.8 Å². The Kier molecular flexibility index (Phi) is 6.86. The van der Waals surface area contributed by atoms with Crippen LogP contribution >= 0.6 is 15.9 Å². The Hall–Kier alpha value is -2.04. The number of amides is 1. The van der Waals surface area contributed by atoms with Gasteiger partial charge in [-0.1, -0.05) is 15.9 Å². The molecule has 2 aromatic rings. The van der Waals surface area contributed by atoms with E-state index in [4.69, 9.17) is 4.74 Å². The van der Waals surface area contributed by atoms with E-state index in [9.17, 15) is 22.0 Å². The van der Waals surface area contributed by atoms with Gasteiger partial charge in [0.1, 0.15) is 5.82 Å². The monoisotopic (exact) mass is 488 g/mol. The van der Waals surface area contributed by atoms with Gasteiger partial charge in [0.05, 0.1) is 4.90 Å². The number of sulfonamides is 1. The van der Waals surface area contributed by atoms with Gasteiger partial charge in [0.15, 0.2) is 18.2 Å². The molecule has 1 fully saturated rings. The number of carbonyl (C=O) groups is 1. The highest BCUT2D eigenvalue weighted by Crippen LogP contribution is 2.22. The summed E-state index contributed by atoms with van der Waals surface area (Å²) < 4.78 is 59.4. The second kappa shape index (κ2) is 9.19. The molecule has 10 heteroatoms. The van der Waals surface area contributed by atoms with Gasteiger partial charge in [-0.05, 0) is 48.9 Å². The van der Waals surface area contributed by atoms with Crippen molar-refractivity contribution < 1.29 is 26.7 Å². The van der Waals surface area contributed by atoms with E-state index >= 15 is 0 Å². The van der Waals surface area contributed by atoms with Gasteiger partial charge in [-0.3, -0.25) is 4.79 Å². The van der Waals surface area contributed by atoms with Crippen molar-refractivity contribution in [1.29, 1.82) is 0 Å². The molecule has 0 aliphatic carbocycles. The molecule has 29 heavy (non-hydrogen) atoms. The Morgan fingerprint density at radius 2 is 1.76 bits per heavy atom. The van der Waals surface area contributed by atoms with Gasteiger partial charge in [0.25, 0.3) is 5.91 Å². The molecule has 0 unspecified atom stereocenters. The van der Waals surface area contributed by atoms with E-state index in [0.29, 0.717) is 17.4 Å². The van der Waals surface area contributed by atoms with Gasteiger partial charge in [-0.25, -0.2) is 17.2 Å². The molecule has 0 bridgehead atoms. The number of halogens is 3. The molecule has 156 valence electrons. The van der Waals surface area contributed by atoms with Crippen molar-refractivity contribution in [3.05, 3.63) is 58.6 Å². The van der Waals surface area contributed by atoms with Gasteiger partial charge < -0.3 is 9.64 Å². The average molecular weight is 489 g/mol. The molecular weight excluding hydrogens is 470 g/mol. The summed E-state index contributed by atoms with van der Waals surface area (Å²) in [6.45, 7) is 0.554. The Morgan fingerprint density at radius 3 is 2.45 bits per heavy atom. The number of hydrogen-bond acceptors (Lipinski definition) is 4. The van der Waals surface area contributed by atoms with Crippen LogP contribution in [-0.2, 0) is 14.8 Å². The maximum absolute atomic E-state index is 13.8. The van der Waals surface area contributed by atoms with E-state index in [1.54, 1.807) is 6.07 Å². The number of nitrogens with zero attached hydrogens (tertiary/aromatic N) is 2. The highest BCUT2D eigenvalue weighted by atomic mass is 79.9. The van der Waals surface area contributed by atoms with E-state index in [1.807, 2.05) is 0 Å². The molecule has 2 aromatic carbocycles. The lowest BCUT2D eigenvalue weighted by molar-refractivity contribution is -0.133. The molecular formula is C19H19BrF2N2O4S. The summed E-state index contributed by atoms with van der Waals surface area (Å²) in [5.41, 5.74) is 0. The second-order valence-corrected chi connectivity index (χ2v) is 9.31. The number of benzene rings is 2. The van der Waals surface area contributed by atoms with Crippen molar-refractivity contribution in [2.24, 2.45) is 0 Å². The quantitative estimate of drug-likeness (QED) is 0.648. The highest BCUT2D eigenvalue weighted by molar-refractivity contribution is 9.10. The third kappa shape index (κ3) is 5.31. The van der Waals surface area contributed by atoms with Crippen LogP contribution < -0.4 is 4.74 Å². The fourth-order valence-corrected chi connectivity index (χ4v) is 4.76. The molecule has 1 heterocycles. The fourth-order valence-electron chi connectivity index (χ4n) is 2.96. The molecule has 1 aliphatic rings. The van der Waals surface area contributed by atoms with E-state index < -0.39 is 21.7 Å². The first-order valence-electron chi connectivity index (χ1n) is 8.89. The van der Waals surface area contributed by atoms with Crippen molar-refractivity contribution in [2.75, 3.05) is 32.8 Å². The maximum atomic E-state index is 13.8. The summed E-state index contributed by atoms with van der Waals surface area (Å²) in [6, 6.07) is 8.90. The standard InChI is InChI=1S/C19H19BrF2N2O4S/c20-14-2-7-18(17(22)12-14)28-13-19(25)23-8-1-9-24(11-10-23)29(26,27)16-5-3-15(21)4-6-16/h2-7,12H,1,8-11,13H2. The van der Waals surface area contributed by atoms with E-state index in [0.717, 1.165) is 12.1 Å². The number of ether oxygens (including phenoxy) is 1. The average Bonchev–Trinajstić information content (AvgIpc) is 2.94. The molecule has 1 saturated heterocycles. The lowest BCUT2D eigenvalue weighted by Crippen LogP contribution is -2.39. The van der Waals surface area contributed by atoms with Crippen molar-refractivity contribution in [3.63, 3.8) is 0 Å². The number of rotatable bonds is 5. The zero-order chi connectivity index (χ0) is 21.0. The molecule has 0 radical (unpaired) electrons. The summed E-state index contributed by atoms with van der Waals surface area (Å²) in [6.07, 6.45) is 0.443. The first-order valence-corrected chi connectivity index (χ1v) is 11.1. The first-order chi connectivity index (χ1) is 13.8. The normalized spacial score (nSPS) is 15.8. The summed E-state index contributed by atoms with van der Waals surface area (Å²) in [5.74, 6) is -1.48. The molecule has 0 saturated carbocycles. The minimum Gasteiger partial charge on any atom is -0.481 e. The number of hydrogen-bond donors (Lipinski definition) is 0. The van der Waals surface area contributed by atoms with Crippen molar-refractivity contribution in [3.8, 4) is 5.75 Å². The lowest BCUT2D eigenvalue weighted by Gasteiger charge is -2.22. The van der Waals surface area contributed by atoms with E-state index in [1.165, 1.54) is 33.5 Å². The van der Waals surface area contributed by atoms with Crippen LogP contribution in [0.25, 0.3) is 0 Å². The molecule has 1 amide bonds. The third-order valence-electron chi connectivity index (χ3n) is 4.50. The van der Waals surface area contributed by atoms with Gasteiger partial charge in [-0.2, -0.15) is 4.31 Å². The van der Waals surface area contributed by atoms with Crippen LogP contribution in [0.2, 0.25) is 0 Å². The van der Waals surface area contributed by atoms with Gasteiger partial charge in [0, 0.05) is 30.7 Å². The summed E-state index contributed by atoms with van der Waals surface area (Å²) in [5, 5.41) is 0. The molecule has 0 N–H and O–H groups in total. The predicted octanol–water partition coefficient (Wildman–Crippen LogP) is 3.03. The van der Waals surface area contributed by atoms with Crippen molar-refractivity contribution in [2.45, 2.75) is 11.3 Å². The molecule has 0 aromatic heterocycles. The highest BCUT2D eigenvalue weighted by Gasteiger charge is 2.28. The van der Waals surface area contributed by atoms with E-state index in [2.05, 4.69) is 15.9 Å². The largest absolute Gasteiger partial charge is 0.481 e. The van der Waals surface area contributed by atoms with Gasteiger partial charge >= 0.3 is 0 Å². The molecule has 0 spiro atoms. The van der Waals surface area contributed by atoms with Crippen LogP contribution in [0, 0.1) is 11.6 Å². The van der Waals surface area contributed by atoms with Crippen molar-refractivity contribution >= 4 is 31.9 Å². The minimum absolute atomic E-state index is 0.00715. The molecule has 1 aliphatic heterocycles. The lowest BCUT2D eigenvalue weighted by atomic mass is 10.3. The zero-order valence-corrected chi connectivity index (χ0v) is 17.8. The Balaban J connectivity index is 1.60. The molecule has 0 atom stereocenters. The zero-order valence-electron chi connectivity index (χ0n) is 15.4. The Morgan fingerprint density at radius 1 is 1.03 bits per heavy atom. The van der Waals surface area contributed by atoms with Crippen LogP contribution in [0.3, 0.4) is 0 Å². The minimum atomic E-state index is -3.77. The van der Waals surface area contributed by atoms with Crippen LogP contribution in [0.5, 0.6) is 5.75 Å². The predicted molar refractivity (Wildman–Crippen MR) is 106 cm³/mol. The molecule has 3 rings (SSSR count). The third-order valence-corrected chi connectivity index (χ3v) is 6.91. The fraction of sp³-hybridized carbons (Fsp3) is 0.316. The number of carbonyl (C=O) groups excluding carboxylic acids is 1. The second-order valence-electron chi connectivity index (χ2n) is 6.46.